The van der Waals surface area contributed by atoms with E-state index in [2.05, 4.69) is 20.9 Å². The minimum absolute atomic E-state index is 0.592. The molecular weight excluding hydrogens is 354 g/mol. The first-order chi connectivity index (χ1) is 11.3. The van der Waals surface area contributed by atoms with E-state index in [-0.39, 0.29) is 0 Å². The molecule has 0 radical (unpaired) electrons. The summed E-state index contributed by atoms with van der Waals surface area (Å²) in [5, 5.41) is 2.10. The fourth-order valence-electron chi connectivity index (χ4n) is 2.91. The predicted molar refractivity (Wildman–Crippen MR) is 94.4 cm³/mol. The quantitative estimate of drug-likeness (QED) is 0.358. The van der Waals surface area contributed by atoms with Crippen LogP contribution in [-0.2, 0) is 0 Å². The van der Waals surface area contributed by atoms with Gasteiger partial charge in [-0.1, -0.05) is 36.4 Å². The minimum atomic E-state index is 0.592. The van der Waals surface area contributed by atoms with E-state index >= 15 is 0 Å². The van der Waals surface area contributed by atoms with Crippen molar-refractivity contribution in [1.82, 2.24) is 4.98 Å². The summed E-state index contributed by atoms with van der Waals surface area (Å²) in [6.45, 7) is 0. The summed E-state index contributed by atoms with van der Waals surface area (Å²) in [6.07, 6.45) is 0. The molecule has 0 atom stereocenters. The van der Waals surface area contributed by atoms with Gasteiger partial charge in [0.25, 0.3) is 0 Å². The Balaban J connectivity index is 1.91. The number of para-hydroxylation sites is 1. The van der Waals surface area contributed by atoms with Crippen molar-refractivity contribution in [3.05, 3.63) is 65.1 Å². The number of halogens is 1. The summed E-state index contributed by atoms with van der Waals surface area (Å²) in [7, 11) is 0. The van der Waals surface area contributed by atoms with E-state index in [1.54, 1.807) is 0 Å². The Morgan fingerprint density at radius 2 is 1.57 bits per heavy atom. The summed E-state index contributed by atoms with van der Waals surface area (Å²) in [5.41, 5.74) is 3.97. The number of furan rings is 1. The van der Waals surface area contributed by atoms with Crippen LogP contribution in [0.5, 0.6) is 0 Å². The van der Waals surface area contributed by atoms with Crippen LogP contribution in [0.15, 0.2) is 74.0 Å². The van der Waals surface area contributed by atoms with Gasteiger partial charge < -0.3 is 8.83 Å². The molecule has 5 rings (SSSR count). The molecule has 5 aromatic rings. The van der Waals surface area contributed by atoms with Crippen LogP contribution in [0, 0.1) is 0 Å². The Morgan fingerprint density at radius 1 is 0.783 bits per heavy atom. The zero-order valence-corrected chi connectivity index (χ0v) is 13.5. The molecule has 3 nitrogen and oxygen atoms in total. The average Bonchev–Trinajstić information content (AvgIpc) is 3.18. The molecule has 0 unspecified atom stereocenters. The normalized spacial score (nSPS) is 11.7. The highest BCUT2D eigenvalue weighted by Gasteiger charge is 2.18. The van der Waals surface area contributed by atoms with Gasteiger partial charge in [0.05, 0.1) is 0 Å². The third kappa shape index (κ3) is 1.85. The lowest BCUT2D eigenvalue weighted by molar-refractivity contribution is 0.603. The molecule has 2 aromatic heterocycles. The topological polar surface area (TPSA) is 39.2 Å². The van der Waals surface area contributed by atoms with Crippen molar-refractivity contribution >= 4 is 49.0 Å². The standard InChI is InChI=1S/C19H10BrNO2/c20-14-10-13-12-8-4-5-9-15(12)22-17(13)18-16(14)21-19(23-18)11-6-2-1-3-7-11/h1-10H. The van der Waals surface area contributed by atoms with Crippen molar-refractivity contribution in [3.63, 3.8) is 0 Å². The number of nitrogens with zero attached hydrogens (tertiary/aromatic N) is 1. The van der Waals surface area contributed by atoms with Gasteiger partial charge in [-0.3, -0.25) is 0 Å². The van der Waals surface area contributed by atoms with Gasteiger partial charge in [-0.05, 0) is 40.2 Å². The van der Waals surface area contributed by atoms with Gasteiger partial charge in [0.15, 0.2) is 11.2 Å². The zero-order valence-electron chi connectivity index (χ0n) is 11.9. The van der Waals surface area contributed by atoms with Crippen molar-refractivity contribution in [2.24, 2.45) is 0 Å². The van der Waals surface area contributed by atoms with E-state index in [1.807, 2.05) is 60.7 Å². The van der Waals surface area contributed by atoms with Crippen LogP contribution in [0.2, 0.25) is 0 Å². The molecule has 0 saturated heterocycles. The number of hydrogen-bond donors (Lipinski definition) is 0. The first-order valence-corrected chi connectivity index (χ1v) is 8.06. The minimum Gasteiger partial charge on any atom is -0.452 e. The second kappa shape index (κ2) is 4.70. The summed E-state index contributed by atoms with van der Waals surface area (Å²) in [5.74, 6) is 0.592. The lowest BCUT2D eigenvalue weighted by Gasteiger charge is -1.93. The lowest BCUT2D eigenvalue weighted by Crippen LogP contribution is -1.76. The van der Waals surface area contributed by atoms with Crippen molar-refractivity contribution in [2.75, 3.05) is 0 Å². The SMILES string of the molecule is Brc1cc2c3ccccc3oc2c2oc(-c3ccccc3)nc12. The zero-order chi connectivity index (χ0) is 15.4. The Hall–Kier alpha value is -2.59. The largest absolute Gasteiger partial charge is 0.452 e. The maximum Gasteiger partial charge on any atom is 0.227 e. The molecule has 0 aliphatic heterocycles. The van der Waals surface area contributed by atoms with Crippen LogP contribution < -0.4 is 0 Å². The maximum absolute atomic E-state index is 6.04. The fraction of sp³-hybridized carbons (Fsp3) is 0. The summed E-state index contributed by atoms with van der Waals surface area (Å²) in [4.78, 5) is 4.63. The molecule has 0 bridgehead atoms. The Labute approximate surface area is 139 Å². The first-order valence-electron chi connectivity index (χ1n) is 7.27. The molecule has 0 amide bonds. The van der Waals surface area contributed by atoms with E-state index in [9.17, 15) is 0 Å². The molecule has 0 N–H and O–H groups in total. The number of hydrogen-bond acceptors (Lipinski definition) is 3. The maximum atomic E-state index is 6.04. The van der Waals surface area contributed by atoms with Crippen LogP contribution in [0.1, 0.15) is 0 Å². The van der Waals surface area contributed by atoms with E-state index in [0.717, 1.165) is 37.5 Å². The van der Waals surface area contributed by atoms with Crippen LogP contribution >= 0.6 is 15.9 Å². The van der Waals surface area contributed by atoms with E-state index in [1.165, 1.54) is 0 Å². The summed E-state index contributed by atoms with van der Waals surface area (Å²) >= 11 is 3.61. The molecule has 2 heterocycles. The highest BCUT2D eigenvalue weighted by molar-refractivity contribution is 9.10. The van der Waals surface area contributed by atoms with Gasteiger partial charge in [0, 0.05) is 20.8 Å². The van der Waals surface area contributed by atoms with Crippen LogP contribution in [-0.4, -0.2) is 4.98 Å². The first kappa shape index (κ1) is 12.9. The number of fused-ring (bicyclic) bond motifs is 5. The summed E-state index contributed by atoms with van der Waals surface area (Å²) in [6, 6.07) is 19.9. The molecule has 0 aliphatic carbocycles. The number of oxazole rings is 1. The highest BCUT2D eigenvalue weighted by Crippen LogP contribution is 2.39. The molecule has 0 fully saturated rings. The van der Waals surface area contributed by atoms with Gasteiger partial charge in [-0.2, -0.15) is 0 Å². The van der Waals surface area contributed by atoms with E-state index < -0.39 is 0 Å². The Kier molecular flexibility index (Phi) is 2.64. The van der Waals surface area contributed by atoms with E-state index in [0.29, 0.717) is 11.5 Å². The second-order valence-corrected chi connectivity index (χ2v) is 6.25. The van der Waals surface area contributed by atoms with Gasteiger partial charge in [-0.25, -0.2) is 4.98 Å². The third-order valence-electron chi connectivity index (χ3n) is 3.99. The third-order valence-corrected chi connectivity index (χ3v) is 4.59. The molecule has 0 spiro atoms. The van der Waals surface area contributed by atoms with Gasteiger partial charge in [-0.15, -0.1) is 0 Å². The van der Waals surface area contributed by atoms with Crippen molar-refractivity contribution in [3.8, 4) is 11.5 Å². The smallest absolute Gasteiger partial charge is 0.227 e. The molecule has 23 heavy (non-hydrogen) atoms. The molecule has 0 aliphatic rings. The number of rotatable bonds is 1. The number of benzene rings is 3. The average molecular weight is 364 g/mol. The van der Waals surface area contributed by atoms with E-state index in [4.69, 9.17) is 8.83 Å². The fourth-order valence-corrected chi connectivity index (χ4v) is 3.41. The molecule has 110 valence electrons. The van der Waals surface area contributed by atoms with Gasteiger partial charge in [0.1, 0.15) is 11.1 Å². The van der Waals surface area contributed by atoms with Crippen molar-refractivity contribution in [2.45, 2.75) is 0 Å². The van der Waals surface area contributed by atoms with Crippen LogP contribution in [0.3, 0.4) is 0 Å². The molecule has 3 aromatic carbocycles. The van der Waals surface area contributed by atoms with Crippen molar-refractivity contribution in [1.29, 1.82) is 0 Å². The van der Waals surface area contributed by atoms with Crippen LogP contribution in [0.4, 0.5) is 0 Å². The van der Waals surface area contributed by atoms with Gasteiger partial charge in [0.2, 0.25) is 5.89 Å². The van der Waals surface area contributed by atoms with Gasteiger partial charge >= 0.3 is 0 Å². The Morgan fingerprint density at radius 3 is 2.43 bits per heavy atom. The monoisotopic (exact) mass is 363 g/mol. The molecule has 0 saturated carbocycles. The van der Waals surface area contributed by atoms with Crippen LogP contribution in [0.25, 0.3) is 44.5 Å². The predicted octanol–water partition coefficient (Wildman–Crippen LogP) is 6.16. The second-order valence-electron chi connectivity index (χ2n) is 5.40. The Bertz CT molecular complexity index is 1170. The lowest BCUT2D eigenvalue weighted by atomic mass is 10.1. The van der Waals surface area contributed by atoms with Crippen molar-refractivity contribution < 1.29 is 8.83 Å². The highest BCUT2D eigenvalue weighted by atomic mass is 79.9. The summed E-state index contributed by atoms with van der Waals surface area (Å²) < 4.78 is 13.0. The number of aromatic nitrogens is 1. The molecule has 4 heteroatoms. The molecular formula is C19H10BrNO2.